The summed E-state index contributed by atoms with van der Waals surface area (Å²) >= 11 is 0. The molecule has 2 heterocycles. The fraction of sp³-hybridized carbons (Fsp3) is 0.526. The topological polar surface area (TPSA) is 80.6 Å². The number of benzene rings is 1. The SMILES string of the molecule is CCn1ccc2cc(S(=O)(=O)N3CCC[C@@H](C(=O)NCCOC)C3)ccc21. The minimum Gasteiger partial charge on any atom is -0.383 e. The number of aryl methyl sites for hydroxylation is 1. The maximum atomic E-state index is 13.1. The van der Waals surface area contributed by atoms with Crippen LogP contribution in [0.3, 0.4) is 0 Å². The third kappa shape index (κ3) is 4.17. The Balaban J connectivity index is 1.76. The van der Waals surface area contributed by atoms with Crippen LogP contribution in [0.4, 0.5) is 0 Å². The van der Waals surface area contributed by atoms with Gasteiger partial charge in [0, 0.05) is 50.4 Å². The largest absolute Gasteiger partial charge is 0.383 e. The van der Waals surface area contributed by atoms with E-state index in [1.807, 2.05) is 18.3 Å². The number of aromatic nitrogens is 1. The number of nitrogens with one attached hydrogen (secondary N) is 1. The molecule has 1 aliphatic rings. The van der Waals surface area contributed by atoms with Crippen molar-refractivity contribution in [3.63, 3.8) is 0 Å². The van der Waals surface area contributed by atoms with E-state index in [9.17, 15) is 13.2 Å². The van der Waals surface area contributed by atoms with Crippen molar-refractivity contribution in [2.75, 3.05) is 33.4 Å². The molecule has 1 fully saturated rings. The predicted molar refractivity (Wildman–Crippen MR) is 104 cm³/mol. The lowest BCUT2D eigenvalue weighted by atomic mass is 9.99. The van der Waals surface area contributed by atoms with Crippen molar-refractivity contribution in [1.29, 1.82) is 0 Å². The molecular formula is C19H27N3O4S. The molecule has 2 aromatic rings. The third-order valence-corrected chi connectivity index (χ3v) is 6.94. The molecule has 1 saturated heterocycles. The number of ether oxygens (including phenoxy) is 1. The van der Waals surface area contributed by atoms with Crippen LogP contribution in [0.15, 0.2) is 35.4 Å². The van der Waals surface area contributed by atoms with E-state index in [1.54, 1.807) is 19.2 Å². The second-order valence-electron chi connectivity index (χ2n) is 6.81. The van der Waals surface area contributed by atoms with Gasteiger partial charge in [-0.15, -0.1) is 0 Å². The Hall–Kier alpha value is -1.90. The molecule has 1 N–H and O–H groups in total. The average Bonchev–Trinajstić information content (AvgIpc) is 3.10. The minimum absolute atomic E-state index is 0.109. The summed E-state index contributed by atoms with van der Waals surface area (Å²) in [5.41, 5.74) is 1.02. The molecular weight excluding hydrogens is 366 g/mol. The van der Waals surface area contributed by atoms with E-state index in [0.29, 0.717) is 32.5 Å². The summed E-state index contributed by atoms with van der Waals surface area (Å²) in [6.07, 6.45) is 3.33. The molecule has 0 aliphatic carbocycles. The Kier molecular flexibility index (Phi) is 6.18. The maximum absolute atomic E-state index is 13.1. The van der Waals surface area contributed by atoms with Gasteiger partial charge in [-0.25, -0.2) is 8.42 Å². The average molecular weight is 394 g/mol. The van der Waals surface area contributed by atoms with Crippen molar-refractivity contribution in [2.24, 2.45) is 5.92 Å². The van der Waals surface area contributed by atoms with E-state index in [1.165, 1.54) is 4.31 Å². The predicted octanol–water partition coefficient (Wildman–Crippen LogP) is 1.82. The van der Waals surface area contributed by atoms with Crippen molar-refractivity contribution in [3.8, 4) is 0 Å². The zero-order valence-electron chi connectivity index (χ0n) is 15.8. The highest BCUT2D eigenvalue weighted by atomic mass is 32.2. The first-order valence-corrected chi connectivity index (χ1v) is 10.8. The summed E-state index contributed by atoms with van der Waals surface area (Å²) in [5.74, 6) is -0.433. The number of carbonyl (C=O) groups is 1. The number of amides is 1. The van der Waals surface area contributed by atoms with Crippen LogP contribution >= 0.6 is 0 Å². The highest BCUT2D eigenvalue weighted by Crippen LogP contribution is 2.26. The number of rotatable bonds is 7. The molecule has 0 spiro atoms. The number of hydrogen-bond donors (Lipinski definition) is 1. The molecule has 1 amide bonds. The second-order valence-corrected chi connectivity index (χ2v) is 8.75. The summed E-state index contributed by atoms with van der Waals surface area (Å²) in [6.45, 7) is 4.42. The van der Waals surface area contributed by atoms with Crippen LogP contribution in [0.2, 0.25) is 0 Å². The lowest BCUT2D eigenvalue weighted by Crippen LogP contribution is -2.45. The number of fused-ring (bicyclic) bond motifs is 1. The third-order valence-electron chi connectivity index (χ3n) is 5.08. The molecule has 1 aromatic carbocycles. The van der Waals surface area contributed by atoms with Gasteiger partial charge in [0.25, 0.3) is 0 Å². The van der Waals surface area contributed by atoms with Gasteiger partial charge < -0.3 is 14.6 Å². The Morgan fingerprint density at radius 1 is 1.33 bits per heavy atom. The number of carbonyl (C=O) groups excluding carboxylic acids is 1. The number of piperidine rings is 1. The molecule has 1 atom stereocenters. The molecule has 0 unspecified atom stereocenters. The molecule has 148 valence electrons. The van der Waals surface area contributed by atoms with Crippen molar-refractivity contribution in [1.82, 2.24) is 14.2 Å². The summed E-state index contributed by atoms with van der Waals surface area (Å²) in [4.78, 5) is 12.6. The summed E-state index contributed by atoms with van der Waals surface area (Å²) in [6, 6.07) is 7.16. The Labute approximate surface area is 160 Å². The van der Waals surface area contributed by atoms with E-state index in [-0.39, 0.29) is 23.3 Å². The number of sulfonamides is 1. The van der Waals surface area contributed by atoms with Gasteiger partial charge in [-0.05, 0) is 44.0 Å². The summed E-state index contributed by atoms with van der Waals surface area (Å²) < 4.78 is 34.7. The molecule has 27 heavy (non-hydrogen) atoms. The van der Waals surface area contributed by atoms with Crippen LogP contribution in [-0.2, 0) is 26.1 Å². The maximum Gasteiger partial charge on any atom is 0.243 e. The van der Waals surface area contributed by atoms with E-state index in [2.05, 4.69) is 16.8 Å². The molecule has 0 saturated carbocycles. The highest BCUT2D eigenvalue weighted by Gasteiger charge is 2.33. The molecule has 8 heteroatoms. The van der Waals surface area contributed by atoms with Crippen LogP contribution < -0.4 is 5.32 Å². The second kappa shape index (κ2) is 8.41. The van der Waals surface area contributed by atoms with Gasteiger partial charge in [0.05, 0.1) is 17.4 Å². The van der Waals surface area contributed by atoms with Gasteiger partial charge in [-0.3, -0.25) is 4.79 Å². The zero-order chi connectivity index (χ0) is 19.4. The molecule has 1 aromatic heterocycles. The standard InChI is InChI=1S/C19H27N3O4S/c1-3-21-11-8-15-13-17(6-7-18(15)21)27(24,25)22-10-4-5-16(14-22)19(23)20-9-12-26-2/h6-8,11,13,16H,3-5,9-10,12,14H2,1-2H3,(H,20,23)/t16-/m1/s1. The van der Waals surface area contributed by atoms with Crippen molar-refractivity contribution in [2.45, 2.75) is 31.2 Å². The molecule has 0 radical (unpaired) electrons. The fourth-order valence-electron chi connectivity index (χ4n) is 3.56. The van der Waals surface area contributed by atoms with Crippen LogP contribution in [-0.4, -0.2) is 56.5 Å². The van der Waals surface area contributed by atoms with Gasteiger partial charge in [0.1, 0.15) is 0 Å². The lowest BCUT2D eigenvalue weighted by molar-refractivity contribution is -0.126. The lowest BCUT2D eigenvalue weighted by Gasteiger charge is -2.31. The first-order chi connectivity index (χ1) is 13.0. The van der Waals surface area contributed by atoms with Gasteiger partial charge in [-0.1, -0.05) is 0 Å². The van der Waals surface area contributed by atoms with Crippen LogP contribution in [0.1, 0.15) is 19.8 Å². The number of hydrogen-bond acceptors (Lipinski definition) is 4. The number of nitrogens with zero attached hydrogens (tertiary/aromatic N) is 2. The van der Waals surface area contributed by atoms with Crippen molar-refractivity contribution in [3.05, 3.63) is 30.5 Å². The van der Waals surface area contributed by atoms with Gasteiger partial charge in [-0.2, -0.15) is 4.31 Å². The van der Waals surface area contributed by atoms with Crippen molar-refractivity contribution >= 4 is 26.8 Å². The monoisotopic (exact) mass is 393 g/mol. The Morgan fingerprint density at radius 3 is 2.89 bits per heavy atom. The summed E-state index contributed by atoms with van der Waals surface area (Å²) in [5, 5.41) is 3.72. The van der Waals surface area contributed by atoms with Crippen LogP contribution in [0.25, 0.3) is 10.9 Å². The van der Waals surface area contributed by atoms with Crippen LogP contribution in [0, 0.1) is 5.92 Å². The zero-order valence-corrected chi connectivity index (χ0v) is 16.7. The number of methoxy groups -OCH3 is 1. The van der Waals surface area contributed by atoms with E-state index in [4.69, 9.17) is 4.74 Å². The van der Waals surface area contributed by atoms with Crippen LogP contribution in [0.5, 0.6) is 0 Å². The van der Waals surface area contributed by atoms with Gasteiger partial charge in [0.15, 0.2) is 0 Å². The first kappa shape index (κ1) is 19.9. The molecule has 3 rings (SSSR count). The van der Waals surface area contributed by atoms with Crippen molar-refractivity contribution < 1.29 is 17.9 Å². The van der Waals surface area contributed by atoms with Gasteiger partial charge >= 0.3 is 0 Å². The fourth-order valence-corrected chi connectivity index (χ4v) is 5.12. The van der Waals surface area contributed by atoms with E-state index < -0.39 is 10.0 Å². The minimum atomic E-state index is -3.62. The quantitative estimate of drug-likeness (QED) is 0.728. The van der Waals surface area contributed by atoms with Gasteiger partial charge in [0.2, 0.25) is 15.9 Å². The Bertz CT molecular complexity index is 907. The first-order valence-electron chi connectivity index (χ1n) is 9.33. The normalized spacial score (nSPS) is 18.7. The van der Waals surface area contributed by atoms with E-state index >= 15 is 0 Å². The Morgan fingerprint density at radius 2 is 2.15 bits per heavy atom. The summed E-state index contributed by atoms with van der Waals surface area (Å²) in [7, 11) is -2.05. The highest BCUT2D eigenvalue weighted by molar-refractivity contribution is 7.89. The molecule has 7 nitrogen and oxygen atoms in total. The smallest absolute Gasteiger partial charge is 0.243 e. The molecule has 1 aliphatic heterocycles. The van der Waals surface area contributed by atoms with E-state index in [0.717, 1.165) is 17.4 Å². The molecule has 0 bridgehead atoms.